The molecule has 0 aliphatic carbocycles. The van der Waals surface area contributed by atoms with Crippen LogP contribution in [-0.4, -0.2) is 31.1 Å². The minimum Gasteiger partial charge on any atom is -0.496 e. The fraction of sp³-hybridized carbons (Fsp3) is 0.316. The van der Waals surface area contributed by atoms with E-state index in [-0.39, 0.29) is 11.9 Å². The van der Waals surface area contributed by atoms with E-state index in [1.807, 2.05) is 31.2 Å². The topological polar surface area (TPSA) is 38.8 Å². The summed E-state index contributed by atoms with van der Waals surface area (Å²) in [5, 5.41) is 0. The summed E-state index contributed by atoms with van der Waals surface area (Å²) in [5.74, 6) is 0.457. The van der Waals surface area contributed by atoms with Gasteiger partial charge in [-0.15, -0.1) is 0 Å². The highest BCUT2D eigenvalue weighted by molar-refractivity contribution is 5.81. The van der Waals surface area contributed by atoms with Crippen LogP contribution in [0.5, 0.6) is 11.5 Å². The van der Waals surface area contributed by atoms with Gasteiger partial charge in [0, 0.05) is 18.7 Å². The van der Waals surface area contributed by atoms with Crippen LogP contribution in [0.25, 0.3) is 0 Å². The standard InChI is InChI=1S/C19H22FNO3/c1-13(17-10-5-6-11-18(17)23-4)21(3)19(22)14(2)24-16-9-7-8-15(20)12-16/h5-14H,1-4H3. The third kappa shape index (κ3) is 4.04. The first kappa shape index (κ1) is 17.8. The van der Waals surface area contributed by atoms with Gasteiger partial charge in [-0.2, -0.15) is 0 Å². The second-order valence-electron chi connectivity index (χ2n) is 5.58. The molecule has 128 valence electrons. The SMILES string of the molecule is COc1ccccc1C(C)N(C)C(=O)C(C)Oc1cccc(F)c1. The number of rotatable bonds is 6. The lowest BCUT2D eigenvalue weighted by Crippen LogP contribution is -2.39. The number of halogens is 1. The van der Waals surface area contributed by atoms with Crippen LogP contribution in [0, 0.1) is 5.82 Å². The molecule has 0 heterocycles. The van der Waals surface area contributed by atoms with Crippen molar-refractivity contribution in [2.75, 3.05) is 14.2 Å². The van der Waals surface area contributed by atoms with Crippen molar-refractivity contribution in [3.05, 3.63) is 59.9 Å². The third-order valence-corrected chi connectivity index (χ3v) is 3.97. The van der Waals surface area contributed by atoms with E-state index in [2.05, 4.69) is 0 Å². The molecule has 5 heteroatoms. The van der Waals surface area contributed by atoms with Crippen LogP contribution in [-0.2, 0) is 4.79 Å². The molecule has 2 atom stereocenters. The van der Waals surface area contributed by atoms with Gasteiger partial charge in [-0.05, 0) is 32.0 Å². The van der Waals surface area contributed by atoms with Gasteiger partial charge in [-0.3, -0.25) is 4.79 Å². The number of carbonyl (C=O) groups is 1. The first-order valence-electron chi connectivity index (χ1n) is 7.76. The van der Waals surface area contributed by atoms with Gasteiger partial charge < -0.3 is 14.4 Å². The molecule has 0 aliphatic rings. The molecule has 0 aromatic heterocycles. The maximum atomic E-state index is 13.2. The maximum absolute atomic E-state index is 13.2. The van der Waals surface area contributed by atoms with Crippen LogP contribution in [0.4, 0.5) is 4.39 Å². The Morgan fingerprint density at radius 2 is 1.83 bits per heavy atom. The second-order valence-corrected chi connectivity index (χ2v) is 5.58. The molecule has 24 heavy (non-hydrogen) atoms. The third-order valence-electron chi connectivity index (χ3n) is 3.97. The van der Waals surface area contributed by atoms with Gasteiger partial charge in [0.1, 0.15) is 17.3 Å². The number of carbonyl (C=O) groups excluding carboxylic acids is 1. The number of hydrogen-bond acceptors (Lipinski definition) is 3. The van der Waals surface area contributed by atoms with Crippen molar-refractivity contribution in [3.63, 3.8) is 0 Å². The molecule has 2 aromatic carbocycles. The average molecular weight is 331 g/mol. The molecule has 0 saturated carbocycles. The lowest BCUT2D eigenvalue weighted by molar-refractivity contribution is -0.138. The quantitative estimate of drug-likeness (QED) is 0.808. The molecule has 1 amide bonds. The van der Waals surface area contributed by atoms with Crippen molar-refractivity contribution in [1.82, 2.24) is 4.90 Å². The van der Waals surface area contributed by atoms with Gasteiger partial charge >= 0.3 is 0 Å². The Morgan fingerprint density at radius 1 is 1.12 bits per heavy atom. The van der Waals surface area contributed by atoms with Crippen molar-refractivity contribution in [1.29, 1.82) is 0 Å². The Balaban J connectivity index is 2.10. The lowest BCUT2D eigenvalue weighted by Gasteiger charge is -2.29. The molecule has 0 bridgehead atoms. The zero-order valence-corrected chi connectivity index (χ0v) is 14.3. The number of methoxy groups -OCH3 is 1. The predicted octanol–water partition coefficient (Wildman–Crippen LogP) is 3.82. The summed E-state index contributed by atoms with van der Waals surface area (Å²) in [6.07, 6.45) is -0.728. The van der Waals surface area contributed by atoms with Crippen molar-refractivity contribution in [2.45, 2.75) is 26.0 Å². The molecule has 0 saturated heterocycles. The Morgan fingerprint density at radius 3 is 2.50 bits per heavy atom. The monoisotopic (exact) mass is 331 g/mol. The molecule has 0 spiro atoms. The van der Waals surface area contributed by atoms with E-state index >= 15 is 0 Å². The zero-order valence-electron chi connectivity index (χ0n) is 14.3. The molecule has 0 aliphatic heterocycles. The summed E-state index contributed by atoms with van der Waals surface area (Å²) in [6.45, 7) is 3.57. The fourth-order valence-electron chi connectivity index (χ4n) is 2.49. The van der Waals surface area contributed by atoms with Gasteiger partial charge in [-0.25, -0.2) is 4.39 Å². The largest absolute Gasteiger partial charge is 0.496 e. The summed E-state index contributed by atoms with van der Waals surface area (Å²) in [5.41, 5.74) is 0.911. The highest BCUT2D eigenvalue weighted by atomic mass is 19.1. The Labute approximate surface area is 141 Å². The first-order chi connectivity index (χ1) is 11.4. The summed E-state index contributed by atoms with van der Waals surface area (Å²) in [6, 6.07) is 13.1. The minimum atomic E-state index is -0.728. The van der Waals surface area contributed by atoms with E-state index in [0.717, 1.165) is 11.3 Å². The molecule has 0 fully saturated rings. The zero-order chi connectivity index (χ0) is 17.7. The van der Waals surface area contributed by atoms with E-state index in [0.29, 0.717) is 5.75 Å². The molecule has 2 aromatic rings. The Kier molecular flexibility index (Phi) is 5.79. The fourth-order valence-corrected chi connectivity index (χ4v) is 2.49. The molecular weight excluding hydrogens is 309 g/mol. The molecule has 4 nitrogen and oxygen atoms in total. The highest BCUT2D eigenvalue weighted by Gasteiger charge is 2.25. The van der Waals surface area contributed by atoms with Gasteiger partial charge in [0.05, 0.1) is 13.2 Å². The average Bonchev–Trinajstić information content (AvgIpc) is 2.59. The molecule has 0 radical (unpaired) electrons. The Hall–Kier alpha value is -2.56. The number of amides is 1. The Bertz CT molecular complexity index is 705. The van der Waals surface area contributed by atoms with Crippen LogP contribution >= 0.6 is 0 Å². The first-order valence-corrected chi connectivity index (χ1v) is 7.76. The van der Waals surface area contributed by atoms with E-state index < -0.39 is 11.9 Å². The molecule has 2 unspecified atom stereocenters. The second kappa shape index (κ2) is 7.81. The van der Waals surface area contributed by atoms with Crippen LogP contribution in [0.2, 0.25) is 0 Å². The van der Waals surface area contributed by atoms with Crippen LogP contribution in [0.1, 0.15) is 25.5 Å². The highest BCUT2D eigenvalue weighted by Crippen LogP contribution is 2.28. The molecular formula is C19H22FNO3. The molecule has 0 N–H and O–H groups in total. The summed E-state index contributed by atoms with van der Waals surface area (Å²) in [4.78, 5) is 14.2. The van der Waals surface area contributed by atoms with Crippen molar-refractivity contribution in [2.24, 2.45) is 0 Å². The van der Waals surface area contributed by atoms with E-state index in [1.54, 1.807) is 38.1 Å². The van der Waals surface area contributed by atoms with Crippen LogP contribution in [0.15, 0.2) is 48.5 Å². The van der Waals surface area contributed by atoms with E-state index in [4.69, 9.17) is 9.47 Å². The predicted molar refractivity (Wildman–Crippen MR) is 90.7 cm³/mol. The van der Waals surface area contributed by atoms with Crippen LogP contribution < -0.4 is 9.47 Å². The van der Waals surface area contributed by atoms with Gasteiger partial charge in [0.15, 0.2) is 6.10 Å². The van der Waals surface area contributed by atoms with Gasteiger partial charge in [0.25, 0.3) is 5.91 Å². The smallest absolute Gasteiger partial charge is 0.263 e. The van der Waals surface area contributed by atoms with E-state index in [9.17, 15) is 9.18 Å². The summed E-state index contributed by atoms with van der Waals surface area (Å²) >= 11 is 0. The lowest BCUT2D eigenvalue weighted by atomic mass is 10.1. The summed E-state index contributed by atoms with van der Waals surface area (Å²) < 4.78 is 24.1. The maximum Gasteiger partial charge on any atom is 0.263 e. The van der Waals surface area contributed by atoms with Crippen molar-refractivity contribution < 1.29 is 18.7 Å². The number of para-hydroxylation sites is 1. The minimum absolute atomic E-state index is 0.188. The number of likely N-dealkylation sites (N-methyl/N-ethyl adjacent to an activating group) is 1. The summed E-state index contributed by atoms with van der Waals surface area (Å²) in [7, 11) is 3.31. The number of ether oxygens (including phenoxy) is 2. The number of nitrogens with zero attached hydrogens (tertiary/aromatic N) is 1. The van der Waals surface area contributed by atoms with Gasteiger partial charge in [-0.1, -0.05) is 24.3 Å². The van der Waals surface area contributed by atoms with Crippen molar-refractivity contribution in [3.8, 4) is 11.5 Å². The van der Waals surface area contributed by atoms with Crippen molar-refractivity contribution >= 4 is 5.91 Å². The molecule has 2 rings (SSSR count). The number of hydrogen-bond donors (Lipinski definition) is 0. The van der Waals surface area contributed by atoms with Crippen LogP contribution in [0.3, 0.4) is 0 Å². The number of benzene rings is 2. The van der Waals surface area contributed by atoms with Gasteiger partial charge in [0.2, 0.25) is 0 Å². The van der Waals surface area contributed by atoms with E-state index in [1.165, 1.54) is 12.1 Å². The normalized spacial score (nSPS) is 13.0.